The Balaban J connectivity index is 1.42. The van der Waals surface area contributed by atoms with E-state index < -0.39 is 6.04 Å². The number of phenols is 1. The Bertz CT molecular complexity index is 1070. The normalized spacial score (nSPS) is 18.4. The van der Waals surface area contributed by atoms with Crippen LogP contribution in [-0.4, -0.2) is 83.4 Å². The Hall–Kier alpha value is -3.26. The summed E-state index contributed by atoms with van der Waals surface area (Å²) in [5, 5.41) is 10.1. The van der Waals surface area contributed by atoms with E-state index in [4.69, 9.17) is 16.3 Å². The first-order valence-corrected chi connectivity index (χ1v) is 11.3. The molecular weight excluding hydrogens is 446 g/mol. The zero-order chi connectivity index (χ0) is 23.5. The molecule has 2 fully saturated rings. The van der Waals surface area contributed by atoms with Crippen LogP contribution in [0.1, 0.15) is 33.6 Å². The first-order chi connectivity index (χ1) is 15.9. The van der Waals surface area contributed by atoms with Crippen molar-refractivity contribution >= 4 is 29.3 Å². The van der Waals surface area contributed by atoms with Gasteiger partial charge in [-0.1, -0.05) is 17.7 Å². The second kappa shape index (κ2) is 9.70. The van der Waals surface area contributed by atoms with Crippen molar-refractivity contribution in [3.63, 3.8) is 0 Å². The summed E-state index contributed by atoms with van der Waals surface area (Å²) in [6.45, 7) is 2.05. The van der Waals surface area contributed by atoms with Gasteiger partial charge >= 0.3 is 0 Å². The second-order valence-electron chi connectivity index (χ2n) is 8.17. The predicted molar refractivity (Wildman–Crippen MR) is 123 cm³/mol. The monoisotopic (exact) mass is 471 g/mol. The molecule has 0 radical (unpaired) electrons. The van der Waals surface area contributed by atoms with Crippen LogP contribution < -0.4 is 4.74 Å². The number of amides is 3. The van der Waals surface area contributed by atoms with Gasteiger partial charge in [-0.05, 0) is 49.2 Å². The highest BCUT2D eigenvalue weighted by molar-refractivity contribution is 6.31. The molecule has 174 valence electrons. The summed E-state index contributed by atoms with van der Waals surface area (Å²) in [4.78, 5) is 44.2. The van der Waals surface area contributed by atoms with Crippen LogP contribution in [0.5, 0.6) is 11.5 Å². The number of methoxy groups -OCH3 is 1. The van der Waals surface area contributed by atoms with Crippen molar-refractivity contribution in [2.75, 3.05) is 39.8 Å². The standard InChI is InChI=1S/C24H26ClN3O5/c1-33-21-8-7-17(25)15-19(21)23(31)28-9-3-6-20(28)24(32)27-12-10-26(11-13-27)22(30)16-4-2-5-18(29)14-16/h2,4-5,7-8,14-15,20,29H,3,6,9-13H2,1H3. The number of rotatable bonds is 4. The molecule has 1 unspecified atom stereocenters. The molecular formula is C24H26ClN3O5. The van der Waals surface area contributed by atoms with E-state index in [1.807, 2.05) is 0 Å². The predicted octanol–water partition coefficient (Wildman–Crippen LogP) is 2.64. The Kier molecular flexibility index (Phi) is 6.74. The molecule has 1 atom stereocenters. The first kappa shape index (κ1) is 22.9. The van der Waals surface area contributed by atoms with E-state index in [2.05, 4.69) is 0 Å². The summed E-state index contributed by atoms with van der Waals surface area (Å²) in [5.41, 5.74) is 0.754. The first-order valence-electron chi connectivity index (χ1n) is 10.9. The number of carbonyl (C=O) groups is 3. The molecule has 0 spiro atoms. The molecule has 4 rings (SSSR count). The number of carbonyl (C=O) groups excluding carboxylic acids is 3. The van der Waals surface area contributed by atoms with Crippen LogP contribution in [0.3, 0.4) is 0 Å². The summed E-state index contributed by atoms with van der Waals surface area (Å²) >= 11 is 6.09. The molecule has 9 heteroatoms. The highest BCUT2D eigenvalue weighted by Gasteiger charge is 2.38. The van der Waals surface area contributed by atoms with Gasteiger partial charge in [0.2, 0.25) is 5.91 Å². The minimum absolute atomic E-state index is 0.0389. The number of piperazine rings is 1. The number of likely N-dealkylation sites (tertiary alicyclic amines) is 1. The number of phenolic OH excluding ortho intramolecular Hbond substituents is 1. The molecule has 2 saturated heterocycles. The van der Waals surface area contributed by atoms with E-state index >= 15 is 0 Å². The Morgan fingerprint density at radius 1 is 0.970 bits per heavy atom. The molecule has 1 N–H and O–H groups in total. The molecule has 8 nitrogen and oxygen atoms in total. The van der Waals surface area contributed by atoms with Gasteiger partial charge in [0.25, 0.3) is 11.8 Å². The topological polar surface area (TPSA) is 90.4 Å². The van der Waals surface area contributed by atoms with E-state index in [0.717, 1.165) is 6.42 Å². The molecule has 3 amide bonds. The average molecular weight is 472 g/mol. The number of hydrogen-bond donors (Lipinski definition) is 1. The maximum Gasteiger partial charge on any atom is 0.258 e. The van der Waals surface area contributed by atoms with Crippen molar-refractivity contribution in [2.24, 2.45) is 0 Å². The van der Waals surface area contributed by atoms with Gasteiger partial charge in [-0.2, -0.15) is 0 Å². The van der Waals surface area contributed by atoms with Crippen LogP contribution >= 0.6 is 11.6 Å². The van der Waals surface area contributed by atoms with Crippen LogP contribution in [0.2, 0.25) is 5.02 Å². The van der Waals surface area contributed by atoms with E-state index in [-0.39, 0.29) is 23.5 Å². The van der Waals surface area contributed by atoms with E-state index in [1.165, 1.54) is 19.2 Å². The van der Waals surface area contributed by atoms with Gasteiger partial charge in [0.1, 0.15) is 17.5 Å². The molecule has 0 saturated carbocycles. The molecule has 0 bridgehead atoms. The molecule has 33 heavy (non-hydrogen) atoms. The van der Waals surface area contributed by atoms with Crippen LogP contribution in [0.4, 0.5) is 0 Å². The van der Waals surface area contributed by atoms with Gasteiger partial charge in [0, 0.05) is 43.3 Å². The number of aromatic hydroxyl groups is 1. The van der Waals surface area contributed by atoms with Gasteiger partial charge in [0.05, 0.1) is 12.7 Å². The summed E-state index contributed by atoms with van der Waals surface area (Å²) in [6, 6.07) is 10.6. The van der Waals surface area contributed by atoms with E-state index in [9.17, 15) is 19.5 Å². The zero-order valence-corrected chi connectivity index (χ0v) is 19.1. The number of nitrogens with zero attached hydrogens (tertiary/aromatic N) is 3. The quantitative estimate of drug-likeness (QED) is 0.740. The summed E-state index contributed by atoms with van der Waals surface area (Å²) in [7, 11) is 1.49. The van der Waals surface area contributed by atoms with Crippen LogP contribution in [0, 0.1) is 0 Å². The lowest BCUT2D eigenvalue weighted by Crippen LogP contribution is -2.55. The van der Waals surface area contributed by atoms with Crippen molar-refractivity contribution in [3.8, 4) is 11.5 Å². The molecule has 2 aliphatic rings. The maximum atomic E-state index is 13.3. The largest absolute Gasteiger partial charge is 0.508 e. The van der Waals surface area contributed by atoms with Gasteiger partial charge < -0.3 is 24.5 Å². The third-order valence-electron chi connectivity index (χ3n) is 6.16. The van der Waals surface area contributed by atoms with Crippen molar-refractivity contribution in [1.29, 1.82) is 0 Å². The lowest BCUT2D eigenvalue weighted by Gasteiger charge is -2.37. The van der Waals surface area contributed by atoms with Crippen LogP contribution in [0.15, 0.2) is 42.5 Å². The molecule has 0 aromatic heterocycles. The maximum absolute atomic E-state index is 13.3. The van der Waals surface area contributed by atoms with Crippen LogP contribution in [-0.2, 0) is 4.79 Å². The fourth-order valence-corrected chi connectivity index (χ4v) is 4.60. The minimum atomic E-state index is -0.547. The molecule has 2 heterocycles. The minimum Gasteiger partial charge on any atom is -0.508 e. The number of hydrogen-bond acceptors (Lipinski definition) is 5. The zero-order valence-electron chi connectivity index (χ0n) is 18.4. The van der Waals surface area contributed by atoms with Gasteiger partial charge in [-0.15, -0.1) is 0 Å². The molecule has 2 aromatic carbocycles. The SMILES string of the molecule is COc1ccc(Cl)cc1C(=O)N1CCCC1C(=O)N1CCN(C(=O)c2cccc(O)c2)CC1. The summed E-state index contributed by atoms with van der Waals surface area (Å²) in [5.74, 6) is -0.100. The molecule has 2 aliphatic heterocycles. The van der Waals surface area contributed by atoms with E-state index in [0.29, 0.717) is 61.0 Å². The smallest absolute Gasteiger partial charge is 0.258 e. The fourth-order valence-electron chi connectivity index (χ4n) is 4.43. The highest BCUT2D eigenvalue weighted by Crippen LogP contribution is 2.28. The Morgan fingerprint density at radius 3 is 2.39 bits per heavy atom. The van der Waals surface area contributed by atoms with Crippen molar-refractivity contribution < 1.29 is 24.2 Å². The Labute approximate surface area is 197 Å². The third kappa shape index (κ3) is 4.75. The average Bonchev–Trinajstić information content (AvgIpc) is 3.32. The molecule has 0 aliphatic carbocycles. The van der Waals surface area contributed by atoms with Gasteiger partial charge in [-0.3, -0.25) is 14.4 Å². The number of ether oxygens (including phenoxy) is 1. The summed E-state index contributed by atoms with van der Waals surface area (Å²) in [6.07, 6.45) is 1.33. The highest BCUT2D eigenvalue weighted by atomic mass is 35.5. The lowest BCUT2D eigenvalue weighted by atomic mass is 10.1. The molecule has 2 aromatic rings. The van der Waals surface area contributed by atoms with Crippen molar-refractivity contribution in [2.45, 2.75) is 18.9 Å². The number of halogens is 1. The Morgan fingerprint density at radius 2 is 1.70 bits per heavy atom. The van der Waals surface area contributed by atoms with Gasteiger partial charge in [0.15, 0.2) is 0 Å². The van der Waals surface area contributed by atoms with Gasteiger partial charge in [-0.25, -0.2) is 0 Å². The number of benzene rings is 2. The van der Waals surface area contributed by atoms with Crippen molar-refractivity contribution in [1.82, 2.24) is 14.7 Å². The summed E-state index contributed by atoms with van der Waals surface area (Å²) < 4.78 is 5.32. The van der Waals surface area contributed by atoms with Crippen LogP contribution in [0.25, 0.3) is 0 Å². The second-order valence-corrected chi connectivity index (χ2v) is 8.61. The fraction of sp³-hybridized carbons (Fsp3) is 0.375. The van der Waals surface area contributed by atoms with Crippen molar-refractivity contribution in [3.05, 3.63) is 58.6 Å². The third-order valence-corrected chi connectivity index (χ3v) is 6.40. The van der Waals surface area contributed by atoms with E-state index in [1.54, 1.807) is 45.0 Å². The lowest BCUT2D eigenvalue weighted by molar-refractivity contribution is -0.136.